The summed E-state index contributed by atoms with van der Waals surface area (Å²) in [5.41, 5.74) is 0.951. The highest BCUT2D eigenvalue weighted by Crippen LogP contribution is 2.29. The van der Waals surface area contributed by atoms with Gasteiger partial charge in [-0.05, 0) is 49.4 Å². The predicted molar refractivity (Wildman–Crippen MR) is 109 cm³/mol. The van der Waals surface area contributed by atoms with Gasteiger partial charge in [0, 0.05) is 23.5 Å². The molecule has 0 aliphatic rings. The van der Waals surface area contributed by atoms with Gasteiger partial charge in [0.2, 0.25) is 0 Å². The topological polar surface area (TPSA) is 97.2 Å². The predicted octanol–water partition coefficient (Wildman–Crippen LogP) is 5.21. The lowest BCUT2D eigenvalue weighted by molar-refractivity contribution is -0.384. The summed E-state index contributed by atoms with van der Waals surface area (Å²) >= 11 is 5.62. The molecule has 0 bridgehead atoms. The SMILES string of the molecule is CC(Nc1ccc(C(=O)Nc2ccc(Cl)c(F)c2)cc1[N+](=O)[O-])c1ccccn1. The number of benzene rings is 2. The van der Waals surface area contributed by atoms with Crippen molar-refractivity contribution in [2.24, 2.45) is 0 Å². The number of nitrogens with zero attached hydrogens (tertiary/aromatic N) is 2. The van der Waals surface area contributed by atoms with E-state index in [0.29, 0.717) is 5.69 Å². The number of anilines is 2. The first-order chi connectivity index (χ1) is 13.8. The molecule has 0 saturated heterocycles. The smallest absolute Gasteiger partial charge is 0.293 e. The quantitative estimate of drug-likeness (QED) is 0.426. The molecule has 2 N–H and O–H groups in total. The van der Waals surface area contributed by atoms with Gasteiger partial charge in [-0.2, -0.15) is 0 Å². The van der Waals surface area contributed by atoms with Crippen molar-refractivity contribution in [2.75, 3.05) is 10.6 Å². The van der Waals surface area contributed by atoms with Crippen molar-refractivity contribution in [2.45, 2.75) is 13.0 Å². The van der Waals surface area contributed by atoms with E-state index in [4.69, 9.17) is 11.6 Å². The number of hydrogen-bond donors (Lipinski definition) is 2. The second-order valence-electron chi connectivity index (χ2n) is 6.19. The van der Waals surface area contributed by atoms with Gasteiger partial charge in [-0.25, -0.2) is 4.39 Å². The van der Waals surface area contributed by atoms with Gasteiger partial charge in [-0.15, -0.1) is 0 Å². The molecule has 29 heavy (non-hydrogen) atoms. The normalized spacial score (nSPS) is 11.6. The number of nitro groups is 1. The van der Waals surface area contributed by atoms with Crippen molar-refractivity contribution in [3.63, 3.8) is 0 Å². The van der Waals surface area contributed by atoms with Crippen LogP contribution in [0, 0.1) is 15.9 Å². The van der Waals surface area contributed by atoms with Crippen molar-refractivity contribution in [3.05, 3.63) is 93.0 Å². The van der Waals surface area contributed by atoms with Crippen molar-refractivity contribution in [3.8, 4) is 0 Å². The number of halogens is 2. The third-order valence-corrected chi connectivity index (χ3v) is 4.44. The molecule has 1 unspecified atom stereocenters. The van der Waals surface area contributed by atoms with E-state index in [1.165, 1.54) is 24.3 Å². The molecular weight excluding hydrogens is 399 g/mol. The Labute approximate surface area is 170 Å². The average molecular weight is 415 g/mol. The van der Waals surface area contributed by atoms with Crippen molar-refractivity contribution >= 4 is 34.6 Å². The summed E-state index contributed by atoms with van der Waals surface area (Å²) in [6.45, 7) is 1.82. The maximum absolute atomic E-state index is 13.5. The summed E-state index contributed by atoms with van der Waals surface area (Å²) in [4.78, 5) is 27.6. The highest BCUT2D eigenvalue weighted by Gasteiger charge is 2.20. The van der Waals surface area contributed by atoms with E-state index in [9.17, 15) is 19.3 Å². The molecule has 1 atom stereocenters. The summed E-state index contributed by atoms with van der Waals surface area (Å²) in [7, 11) is 0. The zero-order valence-corrected chi connectivity index (χ0v) is 16.0. The van der Waals surface area contributed by atoms with Gasteiger partial charge in [0.15, 0.2) is 0 Å². The number of carbonyl (C=O) groups excluding carboxylic acids is 1. The number of amides is 1. The van der Waals surface area contributed by atoms with Crippen LogP contribution in [0.25, 0.3) is 0 Å². The first-order valence-electron chi connectivity index (χ1n) is 8.57. The van der Waals surface area contributed by atoms with E-state index >= 15 is 0 Å². The highest BCUT2D eigenvalue weighted by molar-refractivity contribution is 6.30. The van der Waals surface area contributed by atoms with Gasteiger partial charge in [-0.1, -0.05) is 17.7 Å². The molecule has 3 rings (SSSR count). The van der Waals surface area contributed by atoms with Crippen LogP contribution in [0.1, 0.15) is 29.0 Å². The van der Waals surface area contributed by atoms with E-state index in [1.807, 2.05) is 13.0 Å². The first-order valence-corrected chi connectivity index (χ1v) is 8.95. The van der Waals surface area contributed by atoms with Crippen LogP contribution in [0.3, 0.4) is 0 Å². The number of carbonyl (C=O) groups is 1. The van der Waals surface area contributed by atoms with Crippen molar-refractivity contribution in [1.82, 2.24) is 4.98 Å². The van der Waals surface area contributed by atoms with E-state index in [-0.39, 0.29) is 33.7 Å². The monoisotopic (exact) mass is 414 g/mol. The third-order valence-electron chi connectivity index (χ3n) is 4.14. The minimum absolute atomic E-state index is 0.0584. The van der Waals surface area contributed by atoms with Gasteiger partial charge < -0.3 is 10.6 Å². The van der Waals surface area contributed by atoms with E-state index < -0.39 is 16.6 Å². The van der Waals surface area contributed by atoms with Crippen LogP contribution >= 0.6 is 11.6 Å². The summed E-state index contributed by atoms with van der Waals surface area (Å²) in [5, 5.41) is 17.0. The molecule has 1 aromatic heterocycles. The van der Waals surface area contributed by atoms with E-state index in [1.54, 1.807) is 18.3 Å². The minimum atomic E-state index is -0.682. The lowest BCUT2D eigenvalue weighted by Crippen LogP contribution is -2.14. The zero-order valence-electron chi connectivity index (χ0n) is 15.2. The fraction of sp³-hybridized carbons (Fsp3) is 0.100. The molecule has 0 spiro atoms. The molecule has 9 heteroatoms. The molecule has 0 fully saturated rings. The Bertz CT molecular complexity index is 1060. The first kappa shape index (κ1) is 20.2. The maximum atomic E-state index is 13.5. The molecule has 0 aliphatic heterocycles. The Balaban J connectivity index is 1.82. The van der Waals surface area contributed by atoms with Crippen LogP contribution in [0.5, 0.6) is 0 Å². The Hall–Kier alpha value is -3.52. The standard InChI is InChI=1S/C20H16ClFN4O3/c1-12(17-4-2-3-9-23-17)24-18-8-5-13(10-19(18)26(28)29)20(27)25-14-6-7-15(21)16(22)11-14/h2-12,24H,1H3,(H,25,27). The van der Waals surface area contributed by atoms with Gasteiger partial charge in [0.25, 0.3) is 11.6 Å². The number of aromatic nitrogens is 1. The fourth-order valence-electron chi connectivity index (χ4n) is 2.66. The Morgan fingerprint density at radius 1 is 1.21 bits per heavy atom. The summed E-state index contributed by atoms with van der Waals surface area (Å²) in [5.74, 6) is -1.29. The van der Waals surface area contributed by atoms with Crippen LogP contribution in [0.4, 0.5) is 21.5 Å². The molecule has 1 heterocycles. The Morgan fingerprint density at radius 3 is 2.66 bits per heavy atom. The van der Waals surface area contributed by atoms with Crippen LogP contribution in [0.2, 0.25) is 5.02 Å². The molecule has 2 aromatic carbocycles. The summed E-state index contributed by atoms with van der Waals surface area (Å²) in [6, 6.07) is 13.0. The number of nitrogens with one attached hydrogen (secondary N) is 2. The number of rotatable bonds is 6. The van der Waals surface area contributed by atoms with Gasteiger partial charge >= 0.3 is 0 Å². The van der Waals surface area contributed by atoms with E-state index in [2.05, 4.69) is 15.6 Å². The summed E-state index contributed by atoms with van der Waals surface area (Å²) in [6.07, 6.45) is 1.63. The average Bonchev–Trinajstić information content (AvgIpc) is 2.71. The third kappa shape index (κ3) is 4.85. The molecule has 0 radical (unpaired) electrons. The molecular formula is C20H16ClFN4O3. The molecule has 0 aliphatic carbocycles. The van der Waals surface area contributed by atoms with Crippen LogP contribution in [-0.2, 0) is 0 Å². The molecule has 148 valence electrons. The Kier molecular flexibility index (Phi) is 6.04. The van der Waals surface area contributed by atoms with Crippen molar-refractivity contribution < 1.29 is 14.1 Å². The van der Waals surface area contributed by atoms with Gasteiger partial charge in [0.1, 0.15) is 11.5 Å². The van der Waals surface area contributed by atoms with Crippen LogP contribution < -0.4 is 10.6 Å². The Morgan fingerprint density at radius 2 is 2.00 bits per heavy atom. The lowest BCUT2D eigenvalue weighted by Gasteiger charge is -2.15. The fourth-order valence-corrected chi connectivity index (χ4v) is 2.78. The molecule has 1 amide bonds. The van der Waals surface area contributed by atoms with Crippen LogP contribution in [0.15, 0.2) is 60.8 Å². The second kappa shape index (κ2) is 8.66. The molecule has 3 aromatic rings. The highest BCUT2D eigenvalue weighted by atomic mass is 35.5. The number of hydrogen-bond acceptors (Lipinski definition) is 5. The zero-order chi connectivity index (χ0) is 21.0. The minimum Gasteiger partial charge on any atom is -0.371 e. The summed E-state index contributed by atoms with van der Waals surface area (Å²) < 4.78 is 13.5. The van der Waals surface area contributed by atoms with Gasteiger partial charge in [-0.3, -0.25) is 19.9 Å². The largest absolute Gasteiger partial charge is 0.371 e. The van der Waals surface area contributed by atoms with Gasteiger partial charge in [0.05, 0.1) is 21.7 Å². The molecule has 7 nitrogen and oxygen atoms in total. The maximum Gasteiger partial charge on any atom is 0.293 e. The molecule has 0 saturated carbocycles. The van der Waals surface area contributed by atoms with Crippen molar-refractivity contribution in [1.29, 1.82) is 0 Å². The van der Waals surface area contributed by atoms with Crippen LogP contribution in [-0.4, -0.2) is 15.8 Å². The number of pyridine rings is 1. The second-order valence-corrected chi connectivity index (χ2v) is 6.60. The lowest BCUT2D eigenvalue weighted by atomic mass is 10.1. The number of nitro benzene ring substituents is 1. The van der Waals surface area contributed by atoms with E-state index in [0.717, 1.165) is 12.1 Å².